The summed E-state index contributed by atoms with van der Waals surface area (Å²) in [7, 11) is 0. The number of rotatable bonds is 1. The van der Waals surface area contributed by atoms with Gasteiger partial charge in [0.25, 0.3) is 0 Å². The summed E-state index contributed by atoms with van der Waals surface area (Å²) >= 11 is 0. The second-order valence-corrected chi connectivity index (χ2v) is 3.66. The molecule has 0 amide bonds. The molecule has 2 rings (SSSR count). The van der Waals surface area contributed by atoms with Gasteiger partial charge in [0.2, 0.25) is 0 Å². The summed E-state index contributed by atoms with van der Waals surface area (Å²) in [5, 5.41) is 16.4. The van der Waals surface area contributed by atoms with Gasteiger partial charge in [-0.2, -0.15) is 10.5 Å². The summed E-state index contributed by atoms with van der Waals surface area (Å²) in [6.07, 6.45) is 0.515. The first-order chi connectivity index (χ1) is 9.60. The highest BCUT2D eigenvalue weighted by Crippen LogP contribution is 2.13. The van der Waals surface area contributed by atoms with E-state index in [1.807, 2.05) is 30.3 Å². The van der Waals surface area contributed by atoms with Crippen LogP contribution in [0.3, 0.4) is 0 Å². The summed E-state index contributed by atoms with van der Waals surface area (Å²) in [6, 6.07) is 14.8. The fraction of sp³-hybridized carbons (Fsp3) is 0.0667. The molecule has 0 atom stereocenters. The molecule has 0 heterocycles. The zero-order valence-electron chi connectivity index (χ0n) is 10.3. The Balaban J connectivity index is 0.000000204. The molecule has 0 saturated carbocycles. The highest BCUT2D eigenvalue weighted by Gasteiger charge is 2.11. The smallest absolute Gasteiger partial charge is 0.195 e. The minimum Gasteiger partial charge on any atom is -0.204 e. The molecule has 2 nitrogen and oxygen atoms in total. The summed E-state index contributed by atoms with van der Waals surface area (Å²) in [6.45, 7) is 0. The molecule has 2 aromatic rings. The van der Waals surface area contributed by atoms with E-state index in [2.05, 4.69) is 6.07 Å². The number of hydrogen-bond acceptors (Lipinski definition) is 2. The van der Waals surface area contributed by atoms with Crippen molar-refractivity contribution in [3.8, 4) is 12.1 Å². The number of halogens is 3. The Morgan fingerprint density at radius 2 is 1.50 bits per heavy atom. The zero-order valence-corrected chi connectivity index (χ0v) is 10.3. The van der Waals surface area contributed by atoms with Crippen LogP contribution in [0.15, 0.2) is 42.5 Å². The molecule has 0 aliphatic carbocycles. The topological polar surface area (TPSA) is 47.6 Å². The predicted molar refractivity (Wildman–Crippen MR) is 66.8 cm³/mol. The molecule has 0 N–H and O–H groups in total. The van der Waals surface area contributed by atoms with Crippen LogP contribution in [0.5, 0.6) is 0 Å². The third kappa shape index (κ3) is 4.15. The van der Waals surface area contributed by atoms with E-state index in [1.165, 1.54) is 6.07 Å². The molecule has 5 heteroatoms. The standard InChI is InChI=1S/C8H7N.C7H2F3N/c9-7-6-8-4-2-1-3-5-8;8-5-2-1-4(3-11)6(9)7(5)10/h1-5H,6H2;1-2H. The SMILES string of the molecule is N#CCc1ccccc1.N#Cc1ccc(F)c(F)c1F. The van der Waals surface area contributed by atoms with Crippen LogP contribution in [-0.2, 0) is 6.42 Å². The van der Waals surface area contributed by atoms with Crippen LogP contribution in [-0.4, -0.2) is 0 Å². The summed E-state index contributed by atoms with van der Waals surface area (Å²) in [5.41, 5.74) is 0.587. The zero-order chi connectivity index (χ0) is 15.0. The highest BCUT2D eigenvalue weighted by atomic mass is 19.2. The molecule has 0 radical (unpaired) electrons. The molecule has 2 aromatic carbocycles. The largest absolute Gasteiger partial charge is 0.204 e. The van der Waals surface area contributed by atoms with Gasteiger partial charge in [-0.25, -0.2) is 13.2 Å². The average Bonchev–Trinajstić information content (AvgIpc) is 2.47. The fourth-order valence-electron chi connectivity index (χ4n) is 1.30. The number of nitriles is 2. The lowest BCUT2D eigenvalue weighted by molar-refractivity contribution is 0.445. The van der Waals surface area contributed by atoms with Crippen molar-refractivity contribution in [3.05, 3.63) is 71.0 Å². The minimum absolute atomic E-state index is 0.496. The number of nitrogens with zero attached hydrogens (tertiary/aromatic N) is 2. The van der Waals surface area contributed by atoms with Gasteiger partial charge < -0.3 is 0 Å². The van der Waals surface area contributed by atoms with Crippen molar-refractivity contribution in [2.45, 2.75) is 6.42 Å². The molecule has 0 spiro atoms. The van der Waals surface area contributed by atoms with Gasteiger partial charge in [0.15, 0.2) is 17.5 Å². The third-order valence-corrected chi connectivity index (χ3v) is 2.28. The van der Waals surface area contributed by atoms with Crippen molar-refractivity contribution in [3.63, 3.8) is 0 Å². The van der Waals surface area contributed by atoms with E-state index in [9.17, 15) is 13.2 Å². The fourth-order valence-corrected chi connectivity index (χ4v) is 1.30. The Labute approximate surface area is 114 Å². The van der Waals surface area contributed by atoms with Gasteiger partial charge in [-0.3, -0.25) is 0 Å². The molecule has 20 heavy (non-hydrogen) atoms. The first kappa shape index (κ1) is 15.3. The van der Waals surface area contributed by atoms with Gasteiger partial charge in [0, 0.05) is 0 Å². The van der Waals surface area contributed by atoms with Crippen LogP contribution in [0.1, 0.15) is 11.1 Å². The van der Waals surface area contributed by atoms with E-state index in [-0.39, 0.29) is 0 Å². The van der Waals surface area contributed by atoms with E-state index in [1.54, 1.807) is 0 Å². The van der Waals surface area contributed by atoms with Crippen LogP contribution in [0.2, 0.25) is 0 Å². The van der Waals surface area contributed by atoms with Crippen LogP contribution in [0.25, 0.3) is 0 Å². The first-order valence-electron chi connectivity index (χ1n) is 5.54. The number of hydrogen-bond donors (Lipinski definition) is 0. The Kier molecular flexibility index (Phi) is 5.80. The second-order valence-electron chi connectivity index (χ2n) is 3.66. The predicted octanol–water partition coefficient (Wildman–Crippen LogP) is 3.73. The molecule has 0 unspecified atom stereocenters. The quantitative estimate of drug-likeness (QED) is 0.744. The van der Waals surface area contributed by atoms with Crippen molar-refractivity contribution in [2.75, 3.05) is 0 Å². The van der Waals surface area contributed by atoms with Crippen LogP contribution < -0.4 is 0 Å². The Hall–Kier alpha value is -2.79. The summed E-state index contributed by atoms with van der Waals surface area (Å²) in [5.74, 6) is -4.34. The molecule has 0 aromatic heterocycles. The van der Waals surface area contributed by atoms with E-state index in [4.69, 9.17) is 10.5 Å². The minimum atomic E-state index is -1.61. The van der Waals surface area contributed by atoms with Crippen molar-refractivity contribution in [2.24, 2.45) is 0 Å². The van der Waals surface area contributed by atoms with E-state index in [0.29, 0.717) is 12.5 Å². The molecule has 0 aliphatic heterocycles. The first-order valence-corrected chi connectivity index (χ1v) is 5.54. The normalized spacial score (nSPS) is 8.85. The number of benzene rings is 2. The highest BCUT2D eigenvalue weighted by molar-refractivity contribution is 5.31. The second kappa shape index (κ2) is 7.60. The molecule has 0 fully saturated rings. The lowest BCUT2D eigenvalue weighted by Crippen LogP contribution is -1.93. The summed E-state index contributed by atoms with van der Waals surface area (Å²) < 4.78 is 36.9. The molecular formula is C15H9F3N2. The lowest BCUT2D eigenvalue weighted by Gasteiger charge is -1.94. The molecule has 0 aliphatic rings. The monoisotopic (exact) mass is 274 g/mol. The van der Waals surface area contributed by atoms with E-state index >= 15 is 0 Å². The maximum Gasteiger partial charge on any atom is 0.195 e. The Morgan fingerprint density at radius 3 is 2.05 bits per heavy atom. The van der Waals surface area contributed by atoms with Crippen LogP contribution >= 0.6 is 0 Å². The summed E-state index contributed by atoms with van der Waals surface area (Å²) in [4.78, 5) is 0. The van der Waals surface area contributed by atoms with Crippen LogP contribution in [0.4, 0.5) is 13.2 Å². The average molecular weight is 274 g/mol. The van der Waals surface area contributed by atoms with Gasteiger partial charge in [0.05, 0.1) is 18.1 Å². The molecular weight excluding hydrogens is 265 g/mol. The Bertz CT molecular complexity index is 655. The van der Waals surface area contributed by atoms with Crippen molar-refractivity contribution < 1.29 is 13.2 Å². The lowest BCUT2D eigenvalue weighted by atomic mass is 10.2. The van der Waals surface area contributed by atoms with Gasteiger partial charge in [-0.15, -0.1) is 0 Å². The van der Waals surface area contributed by atoms with E-state index < -0.39 is 23.0 Å². The third-order valence-electron chi connectivity index (χ3n) is 2.28. The van der Waals surface area contributed by atoms with Crippen LogP contribution in [0, 0.1) is 40.1 Å². The van der Waals surface area contributed by atoms with Crippen molar-refractivity contribution in [1.29, 1.82) is 10.5 Å². The van der Waals surface area contributed by atoms with Gasteiger partial charge in [0.1, 0.15) is 6.07 Å². The maximum absolute atomic E-state index is 12.4. The van der Waals surface area contributed by atoms with Gasteiger partial charge in [-0.05, 0) is 17.7 Å². The molecule has 100 valence electrons. The maximum atomic E-state index is 12.4. The molecule has 0 saturated heterocycles. The van der Waals surface area contributed by atoms with Crippen molar-refractivity contribution >= 4 is 0 Å². The van der Waals surface area contributed by atoms with Gasteiger partial charge in [-0.1, -0.05) is 30.3 Å². The Morgan fingerprint density at radius 1 is 0.850 bits per heavy atom. The van der Waals surface area contributed by atoms with Gasteiger partial charge >= 0.3 is 0 Å². The van der Waals surface area contributed by atoms with E-state index in [0.717, 1.165) is 11.6 Å². The molecule has 0 bridgehead atoms. The van der Waals surface area contributed by atoms with Crippen molar-refractivity contribution in [1.82, 2.24) is 0 Å².